The van der Waals surface area contributed by atoms with Gasteiger partial charge in [-0.3, -0.25) is 14.2 Å². The van der Waals surface area contributed by atoms with E-state index in [1.807, 2.05) is 13.8 Å². The fourth-order valence-electron chi connectivity index (χ4n) is 4.13. The van der Waals surface area contributed by atoms with Crippen LogP contribution in [0.15, 0.2) is 46.2 Å². The number of H-pyrrole nitrogens is 1. The smallest absolute Gasteiger partial charge is 0.335 e. The highest BCUT2D eigenvalue weighted by molar-refractivity contribution is 7.90. The summed E-state index contributed by atoms with van der Waals surface area (Å²) in [5, 5.41) is 9.55. The third kappa shape index (κ3) is 3.98. The fraction of sp³-hybridized carbons (Fsp3) is 0.217. The van der Waals surface area contributed by atoms with E-state index in [1.54, 1.807) is 0 Å². The zero-order chi connectivity index (χ0) is 26.6. The number of nitrogen functional groups attached to an aromatic ring is 1. The Labute approximate surface area is 208 Å². The zero-order valence-corrected chi connectivity index (χ0v) is 20.8. The standard InChI is InChI=1S/C23H22F2N8O3S/c1-4-11(2)32-21-19(33(23(32)34)17-8-6-14(24)18-13(17)10-27-31-18)20(26)29-22(30-21)28-16-7-5-12(9-15(16)25)37(3,35)36/h5-11H,4H2,1-3H3,(H,27,31)(H3,26,28,29,30)/t11-/m0/s1. The monoisotopic (exact) mass is 528 g/mol. The third-order valence-electron chi connectivity index (χ3n) is 6.17. The second-order valence-corrected chi connectivity index (χ2v) is 10.6. The van der Waals surface area contributed by atoms with Crippen molar-refractivity contribution >= 4 is 49.4 Å². The molecule has 0 aliphatic carbocycles. The summed E-state index contributed by atoms with van der Waals surface area (Å²) in [6.07, 6.45) is 2.96. The predicted molar refractivity (Wildman–Crippen MR) is 135 cm³/mol. The number of nitrogens with two attached hydrogens (primary N) is 1. The molecule has 0 saturated carbocycles. The van der Waals surface area contributed by atoms with Crippen molar-refractivity contribution in [1.29, 1.82) is 0 Å². The topological polar surface area (TPSA) is 154 Å². The van der Waals surface area contributed by atoms with E-state index in [1.165, 1.54) is 39.6 Å². The lowest BCUT2D eigenvalue weighted by Gasteiger charge is -2.12. The lowest BCUT2D eigenvalue weighted by Crippen LogP contribution is -2.25. The molecule has 0 aliphatic heterocycles. The van der Waals surface area contributed by atoms with Crippen molar-refractivity contribution in [1.82, 2.24) is 29.3 Å². The number of nitrogens with zero attached hydrogens (tertiary/aromatic N) is 5. The predicted octanol–water partition coefficient (Wildman–Crippen LogP) is 3.44. The highest BCUT2D eigenvalue weighted by Gasteiger charge is 2.25. The third-order valence-corrected chi connectivity index (χ3v) is 7.28. The molecule has 0 saturated heterocycles. The van der Waals surface area contributed by atoms with Crippen LogP contribution in [0.4, 0.5) is 26.2 Å². The van der Waals surface area contributed by atoms with E-state index in [0.29, 0.717) is 17.5 Å². The first kappa shape index (κ1) is 24.4. The van der Waals surface area contributed by atoms with Gasteiger partial charge in [0.05, 0.1) is 22.5 Å². The average Bonchev–Trinajstić information content (AvgIpc) is 3.44. The Morgan fingerprint density at radius 3 is 2.59 bits per heavy atom. The highest BCUT2D eigenvalue weighted by atomic mass is 32.2. The van der Waals surface area contributed by atoms with E-state index >= 15 is 0 Å². The van der Waals surface area contributed by atoms with Gasteiger partial charge in [0.25, 0.3) is 0 Å². The molecule has 0 spiro atoms. The number of aromatic amines is 1. The van der Waals surface area contributed by atoms with Crippen LogP contribution < -0.4 is 16.7 Å². The van der Waals surface area contributed by atoms with Crippen molar-refractivity contribution in [3.8, 4) is 5.69 Å². The van der Waals surface area contributed by atoms with Crippen molar-refractivity contribution < 1.29 is 17.2 Å². The van der Waals surface area contributed by atoms with Gasteiger partial charge >= 0.3 is 5.69 Å². The Kier molecular flexibility index (Phi) is 5.70. The van der Waals surface area contributed by atoms with Gasteiger partial charge in [-0.15, -0.1) is 0 Å². The SMILES string of the molecule is CC[C@H](C)n1c(=O)n(-c2ccc(F)c3[nH]ncc23)c2c(N)nc(Nc3ccc(S(C)(=O)=O)cc3F)nc21. The van der Waals surface area contributed by atoms with Gasteiger partial charge in [0.15, 0.2) is 21.3 Å². The summed E-state index contributed by atoms with van der Waals surface area (Å²) in [5.41, 5.74) is 6.59. The van der Waals surface area contributed by atoms with Crippen LogP contribution in [0.1, 0.15) is 26.3 Å². The minimum atomic E-state index is -3.60. The van der Waals surface area contributed by atoms with Crippen LogP contribution in [-0.2, 0) is 9.84 Å². The highest BCUT2D eigenvalue weighted by Crippen LogP contribution is 2.30. The molecule has 4 N–H and O–H groups in total. The average molecular weight is 529 g/mol. The summed E-state index contributed by atoms with van der Waals surface area (Å²) in [6.45, 7) is 3.73. The molecule has 0 bridgehead atoms. The van der Waals surface area contributed by atoms with Gasteiger partial charge < -0.3 is 11.1 Å². The number of nitrogens with one attached hydrogen (secondary N) is 2. The molecule has 1 atom stereocenters. The number of sulfone groups is 1. The molecule has 11 nitrogen and oxygen atoms in total. The van der Waals surface area contributed by atoms with Gasteiger partial charge in [-0.05, 0) is 43.7 Å². The van der Waals surface area contributed by atoms with E-state index in [0.717, 1.165) is 12.3 Å². The molecule has 14 heteroatoms. The second-order valence-electron chi connectivity index (χ2n) is 8.61. The van der Waals surface area contributed by atoms with Crippen LogP contribution in [0.25, 0.3) is 27.8 Å². The molecule has 0 fully saturated rings. The molecule has 5 rings (SSSR count). The number of rotatable bonds is 6. The molecule has 0 aliphatic rings. The number of fused-ring (bicyclic) bond motifs is 2. The second kappa shape index (κ2) is 8.65. The largest absolute Gasteiger partial charge is 0.382 e. The number of benzene rings is 2. The Morgan fingerprint density at radius 2 is 1.92 bits per heavy atom. The summed E-state index contributed by atoms with van der Waals surface area (Å²) >= 11 is 0. The summed E-state index contributed by atoms with van der Waals surface area (Å²) in [7, 11) is -3.60. The maximum Gasteiger partial charge on any atom is 0.335 e. The first-order valence-electron chi connectivity index (χ1n) is 11.2. The number of anilines is 3. The summed E-state index contributed by atoms with van der Waals surface area (Å²) in [5.74, 6) is -1.55. The van der Waals surface area contributed by atoms with Crippen molar-refractivity contribution in [2.45, 2.75) is 31.2 Å². The normalized spacial score (nSPS) is 12.9. The Hall–Kier alpha value is -4.33. The van der Waals surface area contributed by atoms with Crippen molar-refractivity contribution in [3.63, 3.8) is 0 Å². The quantitative estimate of drug-likeness (QED) is 0.303. The minimum Gasteiger partial charge on any atom is -0.382 e. The van der Waals surface area contributed by atoms with Gasteiger partial charge in [-0.25, -0.2) is 22.0 Å². The van der Waals surface area contributed by atoms with E-state index in [2.05, 4.69) is 25.5 Å². The van der Waals surface area contributed by atoms with E-state index in [4.69, 9.17) is 5.73 Å². The number of aromatic nitrogens is 6. The molecule has 0 unspecified atom stereocenters. The summed E-state index contributed by atoms with van der Waals surface area (Å²) in [4.78, 5) is 22.2. The first-order valence-corrected chi connectivity index (χ1v) is 13.1. The molecule has 2 aromatic carbocycles. The van der Waals surface area contributed by atoms with E-state index < -0.39 is 27.2 Å². The molecule has 0 amide bonds. The maximum atomic E-state index is 14.7. The molecule has 0 radical (unpaired) electrons. The van der Waals surface area contributed by atoms with Gasteiger partial charge in [0.1, 0.15) is 22.7 Å². The first-order chi connectivity index (χ1) is 17.5. The molecule has 3 heterocycles. The van der Waals surface area contributed by atoms with Crippen LogP contribution in [0.5, 0.6) is 0 Å². The summed E-state index contributed by atoms with van der Waals surface area (Å²) < 4.78 is 55.2. The molecular weight excluding hydrogens is 506 g/mol. The van der Waals surface area contributed by atoms with Crippen LogP contribution >= 0.6 is 0 Å². The molecular formula is C23H22F2N8O3S. The van der Waals surface area contributed by atoms with Gasteiger partial charge in [0.2, 0.25) is 5.95 Å². The van der Waals surface area contributed by atoms with Crippen molar-refractivity contribution in [2.75, 3.05) is 17.3 Å². The van der Waals surface area contributed by atoms with Crippen LogP contribution in [0.3, 0.4) is 0 Å². The van der Waals surface area contributed by atoms with Crippen LogP contribution in [-0.4, -0.2) is 44.0 Å². The number of hydrogen-bond donors (Lipinski definition) is 3. The zero-order valence-electron chi connectivity index (χ0n) is 20.0. The number of halogens is 2. The summed E-state index contributed by atoms with van der Waals surface area (Å²) in [6, 6.07) is 5.74. The molecule has 37 heavy (non-hydrogen) atoms. The number of hydrogen-bond acceptors (Lipinski definition) is 8. The lowest BCUT2D eigenvalue weighted by atomic mass is 10.2. The van der Waals surface area contributed by atoms with Crippen LogP contribution in [0.2, 0.25) is 0 Å². The maximum absolute atomic E-state index is 14.7. The molecule has 3 aromatic heterocycles. The van der Waals surface area contributed by atoms with Gasteiger partial charge in [-0.2, -0.15) is 15.1 Å². The van der Waals surface area contributed by atoms with Gasteiger partial charge in [-0.1, -0.05) is 6.92 Å². The molecule has 5 aromatic rings. The van der Waals surface area contributed by atoms with Crippen LogP contribution in [0, 0.1) is 11.6 Å². The van der Waals surface area contributed by atoms with Crippen molar-refractivity contribution in [3.05, 3.63) is 58.6 Å². The number of imidazole rings is 1. The minimum absolute atomic E-state index is 0.0818. The van der Waals surface area contributed by atoms with E-state index in [-0.39, 0.29) is 45.1 Å². The van der Waals surface area contributed by atoms with E-state index in [9.17, 15) is 22.0 Å². The van der Waals surface area contributed by atoms with Gasteiger partial charge in [0, 0.05) is 17.7 Å². The Morgan fingerprint density at radius 1 is 1.16 bits per heavy atom. The Bertz CT molecular complexity index is 1860. The van der Waals surface area contributed by atoms with Crippen molar-refractivity contribution in [2.24, 2.45) is 0 Å². The fourth-order valence-corrected chi connectivity index (χ4v) is 4.76. The molecule has 192 valence electrons. The lowest BCUT2D eigenvalue weighted by molar-refractivity contribution is 0.522. The Balaban J connectivity index is 1.72.